The third kappa shape index (κ3) is 7.06. The van der Waals surface area contributed by atoms with Gasteiger partial charge in [0.05, 0.1) is 37.1 Å². The fourth-order valence-electron chi connectivity index (χ4n) is 13.5. The topological polar surface area (TPSA) is 239 Å². The first-order valence-corrected chi connectivity index (χ1v) is 21.0. The summed E-state index contributed by atoms with van der Waals surface area (Å²) in [7, 11) is 0. The molecule has 0 radical (unpaired) electrons. The molecule has 56 heavy (non-hydrogen) atoms. The molecule has 2 heterocycles. The monoisotopic (exact) mass is 800 g/mol. The minimum atomic E-state index is -1.61. The summed E-state index contributed by atoms with van der Waals surface area (Å²) in [6, 6.07) is 0. The van der Waals surface area contributed by atoms with E-state index in [9.17, 15) is 51.1 Å². The molecule has 2 aliphatic heterocycles. The number of fused-ring (bicyclic) bond motifs is 5. The summed E-state index contributed by atoms with van der Waals surface area (Å²) in [4.78, 5) is 0. The quantitative estimate of drug-likeness (QED) is 0.110. The van der Waals surface area contributed by atoms with Gasteiger partial charge in [0.2, 0.25) is 0 Å². The predicted octanol–water partition coefficient (Wildman–Crippen LogP) is 1.12. The predicted molar refractivity (Wildman–Crippen MR) is 202 cm³/mol. The van der Waals surface area contributed by atoms with Crippen LogP contribution in [0, 0.1) is 45.3 Å². The van der Waals surface area contributed by atoms with E-state index in [0.29, 0.717) is 44.9 Å². The maximum atomic E-state index is 12.6. The van der Waals surface area contributed by atoms with E-state index in [2.05, 4.69) is 26.8 Å². The second-order valence-corrected chi connectivity index (χ2v) is 20.2. The zero-order valence-electron chi connectivity index (χ0n) is 34.6. The maximum Gasteiger partial charge on any atom is 0.187 e. The van der Waals surface area contributed by atoms with E-state index in [1.54, 1.807) is 0 Å². The SMILES string of the molecule is CC(C)=CCC[C@@](C)(O[C@@H]1O[C@@H](CO)[C@@H](O)[C@@H](O)[C@@H]1O)[C@@H]1CC[C@]2(C)[C@@H]1[C@H](O)C[C@@H]1[C@@]3(C)CC[C@H](O)C(C)(C)[C@H]3[C@H](O[C@@H]3O[C@@H](CO)[C@@H](O)[C@@H](O)[C@@H]3O)C[C@]12C. The van der Waals surface area contributed by atoms with Crippen LogP contribution in [-0.4, -0.2) is 150 Å². The summed E-state index contributed by atoms with van der Waals surface area (Å²) in [6.07, 6.45) is -9.52. The Labute approximate surface area is 331 Å². The van der Waals surface area contributed by atoms with E-state index in [1.165, 1.54) is 0 Å². The lowest BCUT2D eigenvalue weighted by atomic mass is 9.34. The summed E-state index contributed by atoms with van der Waals surface area (Å²) in [6.45, 7) is 15.7. The zero-order chi connectivity index (χ0) is 41.5. The van der Waals surface area contributed by atoms with Crippen molar-refractivity contribution in [3.63, 3.8) is 0 Å². The van der Waals surface area contributed by atoms with Crippen molar-refractivity contribution in [2.75, 3.05) is 13.2 Å². The molecule has 10 N–H and O–H groups in total. The lowest BCUT2D eigenvalue weighted by Gasteiger charge is -2.72. The summed E-state index contributed by atoms with van der Waals surface area (Å²) in [5, 5.41) is 109. The van der Waals surface area contributed by atoms with Crippen LogP contribution >= 0.6 is 0 Å². The van der Waals surface area contributed by atoms with Crippen LogP contribution < -0.4 is 0 Å². The fourth-order valence-corrected chi connectivity index (χ4v) is 13.5. The van der Waals surface area contributed by atoms with Crippen molar-refractivity contribution in [3.05, 3.63) is 11.6 Å². The van der Waals surface area contributed by atoms with Gasteiger partial charge in [-0.15, -0.1) is 0 Å². The Hall–Kier alpha value is -0.820. The van der Waals surface area contributed by atoms with E-state index in [0.717, 1.165) is 12.0 Å². The van der Waals surface area contributed by atoms with Crippen LogP contribution in [0.5, 0.6) is 0 Å². The van der Waals surface area contributed by atoms with Gasteiger partial charge in [-0.3, -0.25) is 0 Å². The van der Waals surface area contributed by atoms with Crippen molar-refractivity contribution in [1.82, 2.24) is 0 Å². The van der Waals surface area contributed by atoms with Crippen LogP contribution in [0.25, 0.3) is 0 Å². The molecule has 0 spiro atoms. The Morgan fingerprint density at radius 3 is 1.89 bits per heavy atom. The zero-order valence-corrected chi connectivity index (χ0v) is 34.6. The second kappa shape index (κ2) is 15.9. The van der Waals surface area contributed by atoms with Gasteiger partial charge in [-0.2, -0.15) is 0 Å². The van der Waals surface area contributed by atoms with Crippen molar-refractivity contribution >= 4 is 0 Å². The fraction of sp³-hybridized carbons (Fsp3) is 0.952. The number of aliphatic hydroxyl groups excluding tert-OH is 10. The van der Waals surface area contributed by atoms with Crippen LogP contribution in [0.15, 0.2) is 11.6 Å². The molecular weight excluding hydrogens is 728 g/mol. The second-order valence-electron chi connectivity index (χ2n) is 20.2. The van der Waals surface area contributed by atoms with E-state index < -0.39 is 120 Å². The number of hydrogen-bond acceptors (Lipinski definition) is 14. The number of ether oxygens (including phenoxy) is 4. The lowest BCUT2D eigenvalue weighted by Crippen LogP contribution is -2.71. The van der Waals surface area contributed by atoms with Crippen molar-refractivity contribution < 1.29 is 70.0 Å². The minimum Gasteiger partial charge on any atom is -0.394 e. The highest BCUT2D eigenvalue weighted by Gasteiger charge is 2.74. The van der Waals surface area contributed by atoms with Crippen molar-refractivity contribution in [2.45, 2.75) is 192 Å². The first kappa shape index (κ1) is 44.7. The summed E-state index contributed by atoms with van der Waals surface area (Å²) >= 11 is 0. The van der Waals surface area contributed by atoms with Crippen molar-refractivity contribution in [3.8, 4) is 0 Å². The van der Waals surface area contributed by atoms with Gasteiger partial charge in [0, 0.05) is 0 Å². The van der Waals surface area contributed by atoms with Gasteiger partial charge in [-0.1, -0.05) is 46.3 Å². The van der Waals surface area contributed by atoms with Crippen LogP contribution in [0.2, 0.25) is 0 Å². The summed E-state index contributed by atoms with van der Waals surface area (Å²) in [5.74, 6) is -0.781. The smallest absolute Gasteiger partial charge is 0.187 e. The Balaban J connectivity index is 1.39. The highest BCUT2D eigenvalue weighted by Crippen LogP contribution is 2.76. The third-order valence-electron chi connectivity index (χ3n) is 16.6. The Kier molecular flexibility index (Phi) is 12.7. The molecule has 6 aliphatic rings. The van der Waals surface area contributed by atoms with Gasteiger partial charge in [0.1, 0.15) is 48.8 Å². The molecule has 4 aliphatic carbocycles. The van der Waals surface area contributed by atoms with Crippen molar-refractivity contribution in [1.29, 1.82) is 0 Å². The Morgan fingerprint density at radius 2 is 1.32 bits per heavy atom. The normalized spacial score (nSPS) is 52.6. The van der Waals surface area contributed by atoms with Crippen LogP contribution in [0.4, 0.5) is 0 Å². The Morgan fingerprint density at radius 1 is 0.750 bits per heavy atom. The molecular formula is C42H72O14. The van der Waals surface area contributed by atoms with Gasteiger partial charge in [0.15, 0.2) is 12.6 Å². The first-order valence-electron chi connectivity index (χ1n) is 21.0. The highest BCUT2D eigenvalue weighted by molar-refractivity contribution is 5.22. The molecule has 0 amide bonds. The molecule has 324 valence electrons. The van der Waals surface area contributed by atoms with Gasteiger partial charge in [-0.05, 0) is 117 Å². The molecule has 21 atom stereocenters. The van der Waals surface area contributed by atoms with Gasteiger partial charge < -0.3 is 70.0 Å². The average Bonchev–Trinajstić information content (AvgIpc) is 3.52. The van der Waals surface area contributed by atoms with E-state index in [1.807, 2.05) is 34.6 Å². The lowest BCUT2D eigenvalue weighted by molar-refractivity contribution is -0.349. The molecule has 14 nitrogen and oxygen atoms in total. The molecule has 6 fully saturated rings. The molecule has 0 unspecified atom stereocenters. The molecule has 0 aromatic carbocycles. The van der Waals surface area contributed by atoms with E-state index in [4.69, 9.17) is 18.9 Å². The van der Waals surface area contributed by atoms with Gasteiger partial charge >= 0.3 is 0 Å². The maximum absolute atomic E-state index is 12.6. The summed E-state index contributed by atoms with van der Waals surface area (Å²) < 4.78 is 25.4. The standard InChI is InChI=1S/C42H72O14/c1-20(2)10-9-13-42(8,56-37-34(52)32(50)30(48)25(19-44)55-37)21-11-15-40(6)28(21)22(45)16-26-39(5)14-12-27(46)38(3,4)35(39)23(17-41(26,40)7)53-36-33(51)31(49)29(47)24(18-43)54-36/h10,21-37,43-52H,9,11-19H2,1-8H3/t21-,22-,23-,24+,25+,26-,27+,28+,29-,30-,31-,32-,33+,34+,35-,36-,37+,39-,40-,41-,42-/m1/s1. The molecule has 2 saturated heterocycles. The first-order chi connectivity index (χ1) is 26.0. The van der Waals surface area contributed by atoms with Crippen LogP contribution in [-0.2, 0) is 18.9 Å². The largest absolute Gasteiger partial charge is 0.394 e. The molecule has 14 heteroatoms. The number of rotatable bonds is 10. The molecule has 6 rings (SSSR count). The van der Waals surface area contributed by atoms with Crippen LogP contribution in [0.1, 0.15) is 107 Å². The van der Waals surface area contributed by atoms with Gasteiger partial charge in [0.25, 0.3) is 0 Å². The number of allylic oxidation sites excluding steroid dienone is 2. The third-order valence-corrected chi connectivity index (χ3v) is 16.6. The molecule has 0 aromatic heterocycles. The molecule has 0 bridgehead atoms. The summed E-state index contributed by atoms with van der Waals surface area (Å²) in [5.41, 5.74) is -1.92. The van der Waals surface area contributed by atoms with E-state index in [-0.39, 0.29) is 23.7 Å². The van der Waals surface area contributed by atoms with Crippen molar-refractivity contribution in [2.24, 2.45) is 45.3 Å². The minimum absolute atomic E-state index is 0.000258. The molecule has 0 aromatic rings. The van der Waals surface area contributed by atoms with Crippen LogP contribution in [0.3, 0.4) is 0 Å². The average molecular weight is 801 g/mol. The highest BCUT2D eigenvalue weighted by atomic mass is 16.7. The number of hydrogen-bond donors (Lipinski definition) is 10. The molecule has 4 saturated carbocycles. The van der Waals surface area contributed by atoms with Gasteiger partial charge in [-0.25, -0.2) is 0 Å². The van der Waals surface area contributed by atoms with E-state index >= 15 is 0 Å². The number of aliphatic hydroxyl groups is 10. The Bertz CT molecular complexity index is 1400.